The number of carbonyl (C=O) groups is 1. The minimum absolute atomic E-state index is 0.0841. The summed E-state index contributed by atoms with van der Waals surface area (Å²) in [5.74, 6) is 0.0841. The number of likely N-dealkylation sites (tertiary alicyclic amines) is 1. The van der Waals surface area contributed by atoms with Crippen LogP contribution in [-0.4, -0.2) is 34.5 Å². The lowest BCUT2D eigenvalue weighted by molar-refractivity contribution is 0.0596. The molecule has 1 fully saturated rings. The van der Waals surface area contributed by atoms with E-state index in [4.69, 9.17) is 5.73 Å². The second-order valence-electron chi connectivity index (χ2n) is 4.21. The minimum Gasteiger partial charge on any atom is -0.342 e. The van der Waals surface area contributed by atoms with Gasteiger partial charge in [0.25, 0.3) is 5.91 Å². The average Bonchev–Trinajstić information content (AvgIpc) is 2.54. The Morgan fingerprint density at radius 1 is 1.62 bits per heavy atom. The predicted molar refractivity (Wildman–Crippen MR) is 66.3 cm³/mol. The van der Waals surface area contributed by atoms with Crippen molar-refractivity contribution >= 4 is 21.8 Å². The first-order valence-corrected chi connectivity index (χ1v) is 6.31. The van der Waals surface area contributed by atoms with E-state index in [0.717, 1.165) is 23.1 Å². The summed E-state index contributed by atoms with van der Waals surface area (Å²) in [5, 5.41) is 0. The molecular weight excluding hydrogens is 270 g/mol. The number of nitrogens with zero attached hydrogens (tertiary/aromatic N) is 2. The van der Waals surface area contributed by atoms with Crippen molar-refractivity contribution in [3.8, 4) is 0 Å². The van der Waals surface area contributed by atoms with E-state index in [-0.39, 0.29) is 11.9 Å². The molecule has 88 valence electrons. The van der Waals surface area contributed by atoms with Gasteiger partial charge in [-0.05, 0) is 28.4 Å². The number of hydrogen-bond acceptors (Lipinski definition) is 2. The van der Waals surface area contributed by atoms with Crippen LogP contribution in [0.3, 0.4) is 0 Å². The van der Waals surface area contributed by atoms with E-state index in [0.29, 0.717) is 13.1 Å². The monoisotopic (exact) mass is 285 g/mol. The van der Waals surface area contributed by atoms with Gasteiger partial charge in [-0.15, -0.1) is 0 Å². The molecule has 0 spiro atoms. The molecule has 1 amide bonds. The molecule has 2 N–H and O–H groups in total. The average molecular weight is 286 g/mol. The summed E-state index contributed by atoms with van der Waals surface area (Å²) in [4.78, 5) is 13.9. The molecule has 1 saturated heterocycles. The minimum atomic E-state index is 0.0841. The topological polar surface area (TPSA) is 51.3 Å². The Hall–Kier alpha value is -0.810. The number of rotatable bonds is 3. The van der Waals surface area contributed by atoms with Gasteiger partial charge in [-0.1, -0.05) is 6.92 Å². The predicted octanol–water partition coefficient (Wildman–Crippen LogP) is 1.44. The van der Waals surface area contributed by atoms with Crippen molar-refractivity contribution in [2.45, 2.75) is 25.9 Å². The second-order valence-corrected chi connectivity index (χ2v) is 5.12. The van der Waals surface area contributed by atoms with Gasteiger partial charge in [0.2, 0.25) is 0 Å². The van der Waals surface area contributed by atoms with Gasteiger partial charge >= 0.3 is 0 Å². The van der Waals surface area contributed by atoms with Crippen LogP contribution in [0, 0.1) is 0 Å². The van der Waals surface area contributed by atoms with Crippen LogP contribution in [0.5, 0.6) is 0 Å². The zero-order valence-corrected chi connectivity index (χ0v) is 10.9. The molecule has 1 aliphatic heterocycles. The van der Waals surface area contributed by atoms with Crippen molar-refractivity contribution < 1.29 is 4.79 Å². The molecule has 16 heavy (non-hydrogen) atoms. The highest BCUT2D eigenvalue weighted by molar-refractivity contribution is 9.10. The maximum Gasteiger partial charge on any atom is 0.270 e. The Kier molecular flexibility index (Phi) is 3.35. The number of aryl methyl sites for hydroxylation is 1. The lowest BCUT2D eigenvalue weighted by Crippen LogP contribution is -2.58. The van der Waals surface area contributed by atoms with Crippen LogP contribution < -0.4 is 5.73 Å². The van der Waals surface area contributed by atoms with Crippen LogP contribution in [0.25, 0.3) is 0 Å². The number of halogens is 1. The first kappa shape index (κ1) is 11.7. The zero-order chi connectivity index (χ0) is 11.7. The highest BCUT2D eigenvalue weighted by Gasteiger charge is 2.29. The molecule has 0 saturated carbocycles. The van der Waals surface area contributed by atoms with Gasteiger partial charge in [0.15, 0.2) is 0 Å². The molecule has 1 aromatic rings. The lowest BCUT2D eigenvalue weighted by atomic mass is 10.1. The lowest BCUT2D eigenvalue weighted by Gasteiger charge is -2.36. The van der Waals surface area contributed by atoms with Crippen molar-refractivity contribution in [2.24, 2.45) is 5.73 Å². The SMILES string of the molecule is CCCn1cc(Br)cc1C(=O)N1CC(N)C1. The van der Waals surface area contributed by atoms with E-state index in [1.807, 2.05) is 16.8 Å². The van der Waals surface area contributed by atoms with Crippen molar-refractivity contribution in [2.75, 3.05) is 13.1 Å². The van der Waals surface area contributed by atoms with Crippen molar-refractivity contribution in [1.29, 1.82) is 0 Å². The molecule has 2 heterocycles. The Morgan fingerprint density at radius 3 is 2.88 bits per heavy atom. The summed E-state index contributed by atoms with van der Waals surface area (Å²) in [6.07, 6.45) is 2.97. The van der Waals surface area contributed by atoms with Crippen LogP contribution in [-0.2, 0) is 6.54 Å². The molecule has 0 bridgehead atoms. The van der Waals surface area contributed by atoms with Crippen LogP contribution in [0.4, 0.5) is 0 Å². The van der Waals surface area contributed by atoms with E-state index in [2.05, 4.69) is 22.9 Å². The molecule has 0 aromatic carbocycles. The third kappa shape index (κ3) is 2.15. The van der Waals surface area contributed by atoms with Gasteiger partial charge in [0.1, 0.15) is 5.69 Å². The fraction of sp³-hybridized carbons (Fsp3) is 0.545. The first-order valence-electron chi connectivity index (χ1n) is 5.52. The molecule has 0 aliphatic carbocycles. The number of hydrogen-bond donors (Lipinski definition) is 1. The Morgan fingerprint density at radius 2 is 2.31 bits per heavy atom. The molecule has 0 radical (unpaired) electrons. The summed E-state index contributed by atoms with van der Waals surface area (Å²) in [6, 6.07) is 2.03. The number of aromatic nitrogens is 1. The van der Waals surface area contributed by atoms with Gasteiger partial charge < -0.3 is 15.2 Å². The molecule has 0 unspecified atom stereocenters. The van der Waals surface area contributed by atoms with E-state index in [9.17, 15) is 4.79 Å². The Labute approximate surface area is 104 Å². The van der Waals surface area contributed by atoms with Crippen molar-refractivity contribution in [3.63, 3.8) is 0 Å². The number of nitrogens with two attached hydrogens (primary N) is 1. The van der Waals surface area contributed by atoms with Crippen LogP contribution in [0.2, 0.25) is 0 Å². The molecule has 4 nitrogen and oxygen atoms in total. The highest BCUT2D eigenvalue weighted by atomic mass is 79.9. The Balaban J connectivity index is 2.15. The smallest absolute Gasteiger partial charge is 0.270 e. The van der Waals surface area contributed by atoms with Crippen LogP contribution in [0.15, 0.2) is 16.7 Å². The maximum atomic E-state index is 12.1. The van der Waals surface area contributed by atoms with E-state index >= 15 is 0 Å². The van der Waals surface area contributed by atoms with E-state index in [1.165, 1.54) is 0 Å². The molecular formula is C11H16BrN3O. The normalized spacial score (nSPS) is 16.3. The highest BCUT2D eigenvalue weighted by Crippen LogP contribution is 2.19. The number of carbonyl (C=O) groups excluding carboxylic acids is 1. The van der Waals surface area contributed by atoms with Crippen molar-refractivity contribution in [1.82, 2.24) is 9.47 Å². The third-order valence-electron chi connectivity index (χ3n) is 2.74. The molecule has 5 heteroatoms. The quantitative estimate of drug-likeness (QED) is 0.914. The standard InChI is InChI=1S/C11H16BrN3O/c1-2-3-14-5-8(12)4-10(14)11(16)15-6-9(13)7-15/h4-5,9H,2-3,6-7,13H2,1H3. The van der Waals surface area contributed by atoms with Crippen LogP contribution in [0.1, 0.15) is 23.8 Å². The van der Waals surface area contributed by atoms with Gasteiger partial charge in [0.05, 0.1) is 0 Å². The summed E-state index contributed by atoms with van der Waals surface area (Å²) < 4.78 is 2.95. The van der Waals surface area contributed by atoms with Gasteiger partial charge in [-0.25, -0.2) is 0 Å². The fourth-order valence-electron chi connectivity index (χ4n) is 1.92. The Bertz CT molecular complexity index is 396. The molecule has 2 rings (SSSR count). The van der Waals surface area contributed by atoms with Gasteiger partial charge in [-0.3, -0.25) is 4.79 Å². The summed E-state index contributed by atoms with van der Waals surface area (Å²) >= 11 is 3.41. The second kappa shape index (κ2) is 4.59. The number of amides is 1. The summed E-state index contributed by atoms with van der Waals surface area (Å²) in [6.45, 7) is 4.32. The van der Waals surface area contributed by atoms with E-state index < -0.39 is 0 Å². The zero-order valence-electron chi connectivity index (χ0n) is 9.32. The van der Waals surface area contributed by atoms with Gasteiger partial charge in [0, 0.05) is 36.3 Å². The summed E-state index contributed by atoms with van der Waals surface area (Å²) in [7, 11) is 0. The maximum absolute atomic E-state index is 12.1. The van der Waals surface area contributed by atoms with Crippen molar-refractivity contribution in [3.05, 3.63) is 22.4 Å². The van der Waals surface area contributed by atoms with E-state index in [1.54, 1.807) is 4.90 Å². The van der Waals surface area contributed by atoms with Crippen LogP contribution >= 0.6 is 15.9 Å². The molecule has 1 aromatic heterocycles. The third-order valence-corrected chi connectivity index (χ3v) is 3.18. The summed E-state index contributed by atoms with van der Waals surface area (Å²) in [5.41, 5.74) is 6.43. The molecule has 1 aliphatic rings. The fourth-order valence-corrected chi connectivity index (χ4v) is 2.38. The largest absolute Gasteiger partial charge is 0.342 e. The van der Waals surface area contributed by atoms with Gasteiger partial charge in [-0.2, -0.15) is 0 Å². The molecule has 0 atom stereocenters. The first-order chi connectivity index (χ1) is 7.61.